The smallest absolute Gasteiger partial charge is 0.417 e. The van der Waals surface area contributed by atoms with E-state index >= 15 is 0 Å². The third-order valence-corrected chi connectivity index (χ3v) is 6.03. The van der Waals surface area contributed by atoms with Crippen LogP contribution in [0.4, 0.5) is 22.0 Å². The van der Waals surface area contributed by atoms with E-state index < -0.39 is 58.7 Å². The molecule has 0 spiro atoms. The summed E-state index contributed by atoms with van der Waals surface area (Å²) >= 11 is 0. The molecule has 0 amide bonds. The highest BCUT2D eigenvalue weighted by molar-refractivity contribution is 5.99. The van der Waals surface area contributed by atoms with E-state index in [1.54, 1.807) is 12.1 Å². The van der Waals surface area contributed by atoms with Gasteiger partial charge in [0, 0.05) is 25.2 Å². The molecule has 1 aromatic heterocycles. The highest BCUT2D eigenvalue weighted by Crippen LogP contribution is 2.38. The number of fused-ring (bicyclic) bond motifs is 1. The molecule has 0 saturated heterocycles. The number of aliphatic carboxylic acids is 1. The molecule has 1 atom stereocenters. The lowest BCUT2D eigenvalue weighted by Gasteiger charge is -2.18. The number of carbonyl (C=O) groups is 1. The lowest BCUT2D eigenvalue weighted by molar-refractivity contribution is -0.151. The zero-order chi connectivity index (χ0) is 26.9. The normalized spacial score (nSPS) is 12.6. The number of pyridine rings is 1. The highest BCUT2D eigenvalue weighted by Gasteiger charge is 2.35. The lowest BCUT2D eigenvalue weighted by atomic mass is 9.92. The van der Waals surface area contributed by atoms with Gasteiger partial charge in [-0.2, -0.15) is 13.2 Å². The van der Waals surface area contributed by atoms with Crippen LogP contribution >= 0.6 is 0 Å². The Morgan fingerprint density at radius 1 is 0.973 bits per heavy atom. The zero-order valence-electron chi connectivity index (χ0n) is 19.4. The van der Waals surface area contributed by atoms with Gasteiger partial charge in [-0.25, -0.2) is 13.6 Å². The standard InChI is InChI=1S/C27H20F5NO4/c1-33-12-11-20(27(30,31)32)24(25(33)34)18-8-3-6-16-15(5-2-7-17(16)18)13-23(26(35)36)37-14-19-21(28)9-4-10-22(19)29/h2-12,23H,13-14H2,1H3,(H,35,36)/t23-/m0/s1. The summed E-state index contributed by atoms with van der Waals surface area (Å²) in [5.41, 5.74) is -2.44. The maximum atomic E-state index is 13.9. The SMILES string of the molecule is Cn1ccc(C(F)(F)F)c(-c2cccc3c(C[C@H](OCc4c(F)cccc4F)C(=O)O)cccc23)c1=O. The van der Waals surface area contributed by atoms with Gasteiger partial charge in [-0.15, -0.1) is 0 Å². The van der Waals surface area contributed by atoms with Crippen LogP contribution in [-0.4, -0.2) is 21.7 Å². The molecular weight excluding hydrogens is 497 g/mol. The molecule has 0 aliphatic carbocycles. The van der Waals surface area contributed by atoms with E-state index in [-0.39, 0.29) is 12.0 Å². The summed E-state index contributed by atoms with van der Waals surface area (Å²) in [6.07, 6.45) is -5.50. The van der Waals surface area contributed by atoms with E-state index in [1.165, 1.54) is 37.4 Å². The second-order valence-electron chi connectivity index (χ2n) is 8.38. The van der Waals surface area contributed by atoms with Crippen LogP contribution < -0.4 is 5.56 Å². The van der Waals surface area contributed by atoms with Crippen LogP contribution in [0.1, 0.15) is 16.7 Å². The van der Waals surface area contributed by atoms with Gasteiger partial charge in [-0.1, -0.05) is 42.5 Å². The van der Waals surface area contributed by atoms with Crippen molar-refractivity contribution < 1.29 is 36.6 Å². The summed E-state index contributed by atoms with van der Waals surface area (Å²) in [6, 6.07) is 13.1. The van der Waals surface area contributed by atoms with Crippen LogP contribution in [0.15, 0.2) is 71.7 Å². The number of carboxylic acids is 1. The largest absolute Gasteiger partial charge is 0.479 e. The number of ether oxygens (including phenoxy) is 1. The number of alkyl halides is 3. The fraction of sp³-hybridized carbons (Fsp3) is 0.185. The first-order valence-corrected chi connectivity index (χ1v) is 11.0. The van der Waals surface area contributed by atoms with Crippen molar-refractivity contribution in [2.75, 3.05) is 0 Å². The second-order valence-corrected chi connectivity index (χ2v) is 8.38. The van der Waals surface area contributed by atoms with Crippen LogP contribution in [0.2, 0.25) is 0 Å². The molecule has 37 heavy (non-hydrogen) atoms. The van der Waals surface area contributed by atoms with Crippen molar-refractivity contribution >= 4 is 16.7 Å². The molecule has 5 nitrogen and oxygen atoms in total. The molecule has 0 bridgehead atoms. The minimum atomic E-state index is -4.78. The Morgan fingerprint density at radius 2 is 1.59 bits per heavy atom. The Kier molecular flexibility index (Phi) is 7.13. The van der Waals surface area contributed by atoms with Gasteiger partial charge >= 0.3 is 12.1 Å². The van der Waals surface area contributed by atoms with E-state index in [9.17, 15) is 36.6 Å². The molecule has 0 saturated carbocycles. The van der Waals surface area contributed by atoms with Crippen LogP contribution in [0.3, 0.4) is 0 Å². The Balaban J connectivity index is 1.76. The minimum Gasteiger partial charge on any atom is -0.479 e. The summed E-state index contributed by atoms with van der Waals surface area (Å²) in [5, 5.41) is 10.4. The Bertz CT molecular complexity index is 1520. The Morgan fingerprint density at radius 3 is 2.24 bits per heavy atom. The van der Waals surface area contributed by atoms with Crippen molar-refractivity contribution in [1.82, 2.24) is 4.57 Å². The van der Waals surface area contributed by atoms with E-state index in [0.717, 1.165) is 29.0 Å². The van der Waals surface area contributed by atoms with Crippen LogP contribution in [0.25, 0.3) is 21.9 Å². The van der Waals surface area contributed by atoms with E-state index in [0.29, 0.717) is 16.3 Å². The quantitative estimate of drug-likeness (QED) is 0.319. The molecule has 1 N–H and O–H groups in total. The third kappa shape index (κ3) is 5.24. The molecule has 0 radical (unpaired) electrons. The van der Waals surface area contributed by atoms with Gasteiger partial charge < -0.3 is 14.4 Å². The number of halogens is 5. The molecule has 0 aliphatic heterocycles. The van der Waals surface area contributed by atoms with Gasteiger partial charge in [0.15, 0.2) is 6.10 Å². The monoisotopic (exact) mass is 517 g/mol. The molecule has 0 unspecified atom stereocenters. The summed E-state index contributed by atoms with van der Waals surface area (Å²) < 4.78 is 75.6. The molecule has 4 rings (SSSR count). The van der Waals surface area contributed by atoms with Gasteiger partial charge in [0.05, 0.1) is 17.7 Å². The first-order chi connectivity index (χ1) is 17.5. The van der Waals surface area contributed by atoms with Crippen LogP contribution in [-0.2, 0) is 35.8 Å². The average Bonchev–Trinajstić information content (AvgIpc) is 2.83. The van der Waals surface area contributed by atoms with Gasteiger partial charge in [-0.05, 0) is 40.1 Å². The van der Waals surface area contributed by atoms with Gasteiger partial charge in [0.1, 0.15) is 11.6 Å². The van der Waals surface area contributed by atoms with E-state index in [4.69, 9.17) is 4.74 Å². The maximum Gasteiger partial charge on any atom is 0.417 e. The predicted octanol–water partition coefficient (Wildman–Crippen LogP) is 5.72. The number of aryl methyl sites for hydroxylation is 1. The van der Waals surface area contributed by atoms with Crippen molar-refractivity contribution in [1.29, 1.82) is 0 Å². The molecule has 10 heteroatoms. The van der Waals surface area contributed by atoms with Crippen molar-refractivity contribution in [3.05, 3.63) is 106 Å². The maximum absolute atomic E-state index is 13.9. The Hall–Kier alpha value is -4.05. The summed E-state index contributed by atoms with van der Waals surface area (Å²) in [6.45, 7) is -0.638. The molecule has 1 heterocycles. The highest BCUT2D eigenvalue weighted by atomic mass is 19.4. The molecular formula is C27H20F5NO4. The molecule has 192 valence electrons. The minimum absolute atomic E-state index is 0.0362. The fourth-order valence-corrected chi connectivity index (χ4v) is 4.17. The van der Waals surface area contributed by atoms with Crippen molar-refractivity contribution in [3.63, 3.8) is 0 Å². The first-order valence-electron chi connectivity index (χ1n) is 11.0. The topological polar surface area (TPSA) is 68.5 Å². The van der Waals surface area contributed by atoms with Gasteiger partial charge in [0.2, 0.25) is 0 Å². The Labute approximate surface area is 207 Å². The average molecular weight is 517 g/mol. The summed E-state index contributed by atoms with van der Waals surface area (Å²) in [7, 11) is 1.34. The number of hydrogen-bond acceptors (Lipinski definition) is 3. The summed E-state index contributed by atoms with van der Waals surface area (Å²) in [4.78, 5) is 24.7. The van der Waals surface area contributed by atoms with Crippen molar-refractivity contribution in [2.45, 2.75) is 25.3 Å². The number of rotatable bonds is 7. The fourth-order valence-electron chi connectivity index (χ4n) is 4.17. The number of nitrogens with zero attached hydrogens (tertiary/aromatic N) is 1. The van der Waals surface area contributed by atoms with Crippen molar-refractivity contribution in [2.24, 2.45) is 7.05 Å². The number of carboxylic acid groups (broad SMARTS) is 1. The number of hydrogen-bond donors (Lipinski definition) is 1. The molecule has 0 fully saturated rings. The summed E-state index contributed by atoms with van der Waals surface area (Å²) in [5.74, 6) is -3.16. The molecule has 3 aromatic carbocycles. The lowest BCUT2D eigenvalue weighted by Crippen LogP contribution is -2.26. The predicted molar refractivity (Wildman–Crippen MR) is 126 cm³/mol. The van der Waals surface area contributed by atoms with Gasteiger partial charge in [-0.3, -0.25) is 4.79 Å². The third-order valence-electron chi connectivity index (χ3n) is 6.03. The van der Waals surface area contributed by atoms with Crippen LogP contribution in [0, 0.1) is 11.6 Å². The second kappa shape index (κ2) is 10.1. The number of aromatic nitrogens is 1. The molecule has 4 aromatic rings. The van der Waals surface area contributed by atoms with Crippen LogP contribution in [0.5, 0.6) is 0 Å². The first kappa shape index (κ1) is 26.0. The zero-order valence-corrected chi connectivity index (χ0v) is 19.4. The molecule has 0 aliphatic rings. The van der Waals surface area contributed by atoms with Gasteiger partial charge in [0.25, 0.3) is 5.56 Å². The van der Waals surface area contributed by atoms with Crippen molar-refractivity contribution in [3.8, 4) is 11.1 Å². The van der Waals surface area contributed by atoms with E-state index in [1.807, 2.05) is 0 Å². The van der Waals surface area contributed by atoms with E-state index in [2.05, 4.69) is 0 Å². The number of benzene rings is 3.